The Labute approximate surface area is 112 Å². The van der Waals surface area contributed by atoms with Gasteiger partial charge in [-0.15, -0.1) is 0 Å². The van der Waals surface area contributed by atoms with Gasteiger partial charge in [0.2, 0.25) is 0 Å². The third-order valence-electron chi connectivity index (χ3n) is 3.33. The van der Waals surface area contributed by atoms with Crippen LogP contribution in [0.3, 0.4) is 0 Å². The van der Waals surface area contributed by atoms with Crippen LogP contribution in [-0.2, 0) is 4.79 Å². The van der Waals surface area contributed by atoms with Crippen LogP contribution in [0.15, 0.2) is 0 Å². The van der Waals surface area contributed by atoms with Crippen LogP contribution in [0.25, 0.3) is 0 Å². The highest BCUT2D eigenvalue weighted by atomic mass is 16.4. The largest absolute Gasteiger partial charge is 0.479 e. The number of aliphatic hydroxyl groups excluding tert-OH is 2. The molecule has 1 saturated heterocycles. The predicted octanol–water partition coefficient (Wildman–Crippen LogP) is -0.231. The Morgan fingerprint density at radius 3 is 2.74 bits per heavy atom. The number of carbonyl (C=O) groups excluding carboxylic acids is 1. The molecule has 1 aliphatic rings. The van der Waals surface area contributed by atoms with Crippen molar-refractivity contribution >= 4 is 12.0 Å². The van der Waals surface area contributed by atoms with E-state index in [1.54, 1.807) is 4.90 Å². The summed E-state index contributed by atoms with van der Waals surface area (Å²) in [6, 6.07) is -0.209. The Kier molecular flexibility index (Phi) is 6.58. The number of hydrogen-bond donors (Lipinski definition) is 4. The fraction of sp³-hybridized carbons (Fsp3) is 0.833. The minimum Gasteiger partial charge on any atom is -0.479 e. The topological polar surface area (TPSA) is 110 Å². The number of aliphatic hydroxyl groups is 2. The van der Waals surface area contributed by atoms with Crippen molar-refractivity contribution in [2.24, 2.45) is 0 Å². The molecule has 0 spiro atoms. The number of urea groups is 1. The molecule has 0 aliphatic carbocycles. The summed E-state index contributed by atoms with van der Waals surface area (Å²) in [6.07, 6.45) is 1.96. The van der Waals surface area contributed by atoms with E-state index in [-0.39, 0.29) is 31.6 Å². The van der Waals surface area contributed by atoms with Crippen LogP contribution in [0.1, 0.15) is 32.1 Å². The smallest absolute Gasteiger partial charge is 0.332 e. The quantitative estimate of drug-likeness (QED) is 0.535. The minimum atomic E-state index is -1.45. The zero-order valence-electron chi connectivity index (χ0n) is 10.9. The van der Waals surface area contributed by atoms with E-state index in [0.29, 0.717) is 13.0 Å². The number of amides is 2. The molecular weight excluding hydrogens is 252 g/mol. The van der Waals surface area contributed by atoms with E-state index in [0.717, 1.165) is 19.3 Å². The standard InChI is InChI=1S/C12H22N2O5/c15-8-5-9-3-1-2-7-14(9)12(19)13-6-4-10(16)11(17)18/h9-10,15-16H,1-8H2,(H,13,19)(H,17,18). The molecule has 1 rings (SSSR count). The van der Waals surface area contributed by atoms with Crippen molar-refractivity contribution in [3.63, 3.8) is 0 Å². The van der Waals surface area contributed by atoms with Gasteiger partial charge in [-0.3, -0.25) is 0 Å². The van der Waals surface area contributed by atoms with Gasteiger partial charge in [0, 0.05) is 32.2 Å². The summed E-state index contributed by atoms with van der Waals surface area (Å²) >= 11 is 0. The first-order chi connectivity index (χ1) is 9.06. The van der Waals surface area contributed by atoms with E-state index in [1.807, 2.05) is 0 Å². The summed E-state index contributed by atoms with van der Waals surface area (Å²) in [5.41, 5.74) is 0. The Morgan fingerprint density at radius 1 is 1.37 bits per heavy atom. The van der Waals surface area contributed by atoms with Gasteiger partial charge in [-0.05, 0) is 25.7 Å². The average Bonchev–Trinajstić information content (AvgIpc) is 2.39. The average molecular weight is 274 g/mol. The minimum absolute atomic E-state index is 0.0143. The summed E-state index contributed by atoms with van der Waals surface area (Å²) in [6.45, 7) is 0.818. The lowest BCUT2D eigenvalue weighted by molar-refractivity contribution is -0.146. The Balaban J connectivity index is 2.36. The fourth-order valence-electron chi connectivity index (χ4n) is 2.26. The van der Waals surface area contributed by atoms with Crippen molar-refractivity contribution in [3.05, 3.63) is 0 Å². The van der Waals surface area contributed by atoms with E-state index >= 15 is 0 Å². The first-order valence-electron chi connectivity index (χ1n) is 6.62. The molecule has 2 amide bonds. The summed E-state index contributed by atoms with van der Waals surface area (Å²) in [5.74, 6) is -1.29. The van der Waals surface area contributed by atoms with E-state index in [1.165, 1.54) is 0 Å². The molecule has 0 aromatic carbocycles. The molecule has 0 radical (unpaired) electrons. The van der Waals surface area contributed by atoms with Crippen LogP contribution >= 0.6 is 0 Å². The highest BCUT2D eigenvalue weighted by Crippen LogP contribution is 2.19. The van der Waals surface area contributed by atoms with Gasteiger partial charge in [-0.2, -0.15) is 0 Å². The molecule has 2 unspecified atom stereocenters. The molecule has 0 aromatic heterocycles. The molecule has 1 aliphatic heterocycles. The van der Waals surface area contributed by atoms with Crippen LogP contribution in [0.4, 0.5) is 4.79 Å². The normalized spacial score (nSPS) is 20.9. The van der Waals surface area contributed by atoms with Crippen LogP contribution in [0.5, 0.6) is 0 Å². The van der Waals surface area contributed by atoms with Gasteiger partial charge < -0.3 is 25.5 Å². The second-order valence-electron chi connectivity index (χ2n) is 4.73. The number of carboxylic acids is 1. The SMILES string of the molecule is O=C(O)C(O)CCNC(=O)N1CCCCC1CCO. The van der Waals surface area contributed by atoms with Crippen molar-refractivity contribution in [2.75, 3.05) is 19.7 Å². The summed E-state index contributed by atoms with van der Waals surface area (Å²) < 4.78 is 0. The number of carboxylic acid groups (broad SMARTS) is 1. The first kappa shape index (κ1) is 15.7. The van der Waals surface area contributed by atoms with Crippen molar-refractivity contribution in [3.8, 4) is 0 Å². The molecule has 2 atom stereocenters. The zero-order chi connectivity index (χ0) is 14.3. The molecule has 0 aromatic rings. The number of rotatable bonds is 6. The summed E-state index contributed by atoms with van der Waals surface area (Å²) in [4.78, 5) is 24.0. The van der Waals surface area contributed by atoms with Gasteiger partial charge in [0.1, 0.15) is 0 Å². The molecule has 110 valence electrons. The number of piperidine rings is 1. The van der Waals surface area contributed by atoms with E-state index in [4.69, 9.17) is 15.3 Å². The lowest BCUT2D eigenvalue weighted by Gasteiger charge is -2.35. The van der Waals surface area contributed by atoms with Crippen molar-refractivity contribution in [2.45, 2.75) is 44.2 Å². The van der Waals surface area contributed by atoms with E-state index < -0.39 is 12.1 Å². The summed E-state index contributed by atoms with van der Waals surface area (Å²) in [5, 5.41) is 29.2. The highest BCUT2D eigenvalue weighted by molar-refractivity contribution is 5.75. The zero-order valence-corrected chi connectivity index (χ0v) is 10.9. The number of aliphatic carboxylic acids is 1. The van der Waals surface area contributed by atoms with Crippen LogP contribution in [-0.4, -0.2) is 64.1 Å². The van der Waals surface area contributed by atoms with E-state index in [9.17, 15) is 9.59 Å². The molecule has 19 heavy (non-hydrogen) atoms. The number of nitrogens with zero attached hydrogens (tertiary/aromatic N) is 1. The second kappa shape index (κ2) is 7.96. The maximum Gasteiger partial charge on any atom is 0.332 e. The van der Waals surface area contributed by atoms with Gasteiger partial charge in [0.15, 0.2) is 6.10 Å². The van der Waals surface area contributed by atoms with Gasteiger partial charge >= 0.3 is 12.0 Å². The molecule has 4 N–H and O–H groups in total. The molecule has 1 fully saturated rings. The lowest BCUT2D eigenvalue weighted by Crippen LogP contribution is -2.49. The van der Waals surface area contributed by atoms with Crippen molar-refractivity contribution < 1.29 is 24.9 Å². The molecule has 7 heteroatoms. The molecule has 0 saturated carbocycles. The van der Waals surface area contributed by atoms with Crippen LogP contribution in [0, 0.1) is 0 Å². The van der Waals surface area contributed by atoms with Crippen LogP contribution < -0.4 is 5.32 Å². The summed E-state index contributed by atoms with van der Waals surface area (Å²) in [7, 11) is 0. The Hall–Kier alpha value is -1.34. The van der Waals surface area contributed by atoms with Gasteiger partial charge in [0.25, 0.3) is 0 Å². The van der Waals surface area contributed by atoms with Crippen LogP contribution in [0.2, 0.25) is 0 Å². The highest BCUT2D eigenvalue weighted by Gasteiger charge is 2.26. The van der Waals surface area contributed by atoms with Gasteiger partial charge in [0.05, 0.1) is 0 Å². The molecule has 0 bridgehead atoms. The van der Waals surface area contributed by atoms with Crippen molar-refractivity contribution in [1.82, 2.24) is 10.2 Å². The van der Waals surface area contributed by atoms with E-state index in [2.05, 4.69) is 5.32 Å². The maximum atomic E-state index is 11.9. The van der Waals surface area contributed by atoms with Gasteiger partial charge in [-0.1, -0.05) is 0 Å². The lowest BCUT2D eigenvalue weighted by atomic mass is 10.0. The number of carbonyl (C=O) groups is 2. The number of likely N-dealkylation sites (tertiary alicyclic amines) is 1. The fourth-order valence-corrected chi connectivity index (χ4v) is 2.26. The Bertz CT molecular complexity index is 308. The predicted molar refractivity (Wildman–Crippen MR) is 67.7 cm³/mol. The molecule has 7 nitrogen and oxygen atoms in total. The first-order valence-corrected chi connectivity index (χ1v) is 6.62. The molecule has 1 heterocycles. The second-order valence-corrected chi connectivity index (χ2v) is 4.73. The monoisotopic (exact) mass is 274 g/mol. The third-order valence-corrected chi connectivity index (χ3v) is 3.33. The maximum absolute atomic E-state index is 11.9. The number of hydrogen-bond acceptors (Lipinski definition) is 4. The van der Waals surface area contributed by atoms with Gasteiger partial charge in [-0.25, -0.2) is 9.59 Å². The van der Waals surface area contributed by atoms with Crippen molar-refractivity contribution in [1.29, 1.82) is 0 Å². The molecular formula is C12H22N2O5. The third kappa shape index (κ3) is 5.04. The number of nitrogens with one attached hydrogen (secondary N) is 1. The Morgan fingerprint density at radius 2 is 2.11 bits per heavy atom.